The van der Waals surface area contributed by atoms with Crippen LogP contribution in [0.25, 0.3) is 0 Å². The van der Waals surface area contributed by atoms with Crippen molar-refractivity contribution in [3.05, 3.63) is 70.1 Å². The van der Waals surface area contributed by atoms with Gasteiger partial charge in [0.25, 0.3) is 5.56 Å². The summed E-state index contributed by atoms with van der Waals surface area (Å²) in [5.41, 5.74) is 2.23. The van der Waals surface area contributed by atoms with Crippen LogP contribution in [0.1, 0.15) is 17.2 Å². The first-order chi connectivity index (χ1) is 8.70. The molecule has 0 amide bonds. The third-order valence-electron chi connectivity index (χ3n) is 3.08. The molecule has 2 rings (SSSR count). The molecule has 3 heteroatoms. The highest BCUT2D eigenvalue weighted by molar-refractivity contribution is 5.19. The van der Waals surface area contributed by atoms with Crippen LogP contribution in [0.4, 0.5) is 0 Å². The van der Waals surface area contributed by atoms with Crippen LogP contribution in [0.3, 0.4) is 0 Å². The maximum Gasteiger partial charge on any atom is 0.250 e. The first kappa shape index (κ1) is 12.6. The van der Waals surface area contributed by atoms with E-state index in [1.54, 1.807) is 10.6 Å². The monoisotopic (exact) mass is 242 g/mol. The average Bonchev–Trinajstić information content (AvgIpc) is 2.39. The summed E-state index contributed by atoms with van der Waals surface area (Å²) < 4.78 is 1.74. The lowest BCUT2D eigenvalue weighted by Crippen LogP contribution is -2.28. The second-order valence-corrected chi connectivity index (χ2v) is 4.45. The molecule has 1 unspecified atom stereocenters. The Morgan fingerprint density at radius 2 is 1.94 bits per heavy atom. The van der Waals surface area contributed by atoms with E-state index in [-0.39, 0.29) is 11.6 Å². The first-order valence-corrected chi connectivity index (χ1v) is 6.10. The van der Waals surface area contributed by atoms with Gasteiger partial charge in [0, 0.05) is 18.8 Å². The molecule has 0 saturated carbocycles. The van der Waals surface area contributed by atoms with E-state index < -0.39 is 0 Å². The molecule has 94 valence electrons. The van der Waals surface area contributed by atoms with Crippen molar-refractivity contribution in [3.63, 3.8) is 0 Å². The molecule has 1 aromatic heterocycles. The predicted octanol–water partition coefficient (Wildman–Crippen LogP) is 2.12. The molecule has 0 radical (unpaired) electrons. The Morgan fingerprint density at radius 3 is 2.56 bits per heavy atom. The van der Waals surface area contributed by atoms with Crippen LogP contribution in [-0.4, -0.2) is 11.6 Å². The third kappa shape index (κ3) is 2.87. The minimum absolute atomic E-state index is 0.0474. The molecule has 0 aliphatic carbocycles. The van der Waals surface area contributed by atoms with E-state index in [4.69, 9.17) is 0 Å². The number of benzene rings is 1. The maximum atomic E-state index is 11.9. The highest BCUT2D eigenvalue weighted by Crippen LogP contribution is 2.13. The Labute approximate surface area is 107 Å². The van der Waals surface area contributed by atoms with Crippen molar-refractivity contribution in [1.82, 2.24) is 9.88 Å². The number of nitrogens with zero attached hydrogens (tertiary/aromatic N) is 1. The SMILES string of the molecule is CNC(Cn1ccc(C)cc1=O)c1ccccc1. The van der Waals surface area contributed by atoms with E-state index in [0.29, 0.717) is 6.54 Å². The van der Waals surface area contributed by atoms with Crippen LogP contribution in [0.15, 0.2) is 53.5 Å². The number of aryl methyl sites for hydroxylation is 1. The summed E-state index contributed by atoms with van der Waals surface area (Å²) in [6, 6.07) is 13.9. The zero-order valence-electron chi connectivity index (χ0n) is 10.8. The van der Waals surface area contributed by atoms with E-state index in [9.17, 15) is 4.79 Å². The van der Waals surface area contributed by atoms with E-state index in [1.807, 2.05) is 44.4 Å². The Morgan fingerprint density at radius 1 is 1.22 bits per heavy atom. The van der Waals surface area contributed by atoms with Gasteiger partial charge < -0.3 is 9.88 Å². The van der Waals surface area contributed by atoms with E-state index in [0.717, 1.165) is 5.56 Å². The number of likely N-dealkylation sites (N-methyl/N-ethyl adjacent to an activating group) is 1. The Balaban J connectivity index is 2.23. The first-order valence-electron chi connectivity index (χ1n) is 6.10. The lowest BCUT2D eigenvalue weighted by atomic mass is 10.1. The van der Waals surface area contributed by atoms with Crippen LogP contribution >= 0.6 is 0 Å². The van der Waals surface area contributed by atoms with Crippen LogP contribution < -0.4 is 10.9 Å². The topological polar surface area (TPSA) is 34.0 Å². The Kier molecular flexibility index (Phi) is 3.95. The van der Waals surface area contributed by atoms with Gasteiger partial charge in [-0.1, -0.05) is 30.3 Å². The number of aromatic nitrogens is 1. The quantitative estimate of drug-likeness (QED) is 0.891. The van der Waals surface area contributed by atoms with Gasteiger partial charge in [0.15, 0.2) is 0 Å². The van der Waals surface area contributed by atoms with E-state index >= 15 is 0 Å². The molecule has 1 atom stereocenters. The number of rotatable bonds is 4. The molecule has 18 heavy (non-hydrogen) atoms. The maximum absolute atomic E-state index is 11.9. The summed E-state index contributed by atoms with van der Waals surface area (Å²) in [5.74, 6) is 0. The fraction of sp³-hybridized carbons (Fsp3) is 0.267. The minimum Gasteiger partial charge on any atom is -0.314 e. The second-order valence-electron chi connectivity index (χ2n) is 4.45. The lowest BCUT2D eigenvalue weighted by molar-refractivity contribution is 0.491. The fourth-order valence-corrected chi connectivity index (χ4v) is 2.00. The van der Waals surface area contributed by atoms with Crippen LogP contribution in [0.5, 0.6) is 0 Å². The van der Waals surface area contributed by atoms with Gasteiger partial charge in [-0.05, 0) is 31.2 Å². The van der Waals surface area contributed by atoms with Crippen molar-refractivity contribution in [3.8, 4) is 0 Å². The Bertz CT molecular complexity index is 560. The lowest BCUT2D eigenvalue weighted by Gasteiger charge is -2.18. The summed E-state index contributed by atoms with van der Waals surface area (Å²) >= 11 is 0. The molecule has 0 saturated heterocycles. The summed E-state index contributed by atoms with van der Waals surface area (Å²) in [5, 5.41) is 3.25. The molecule has 1 N–H and O–H groups in total. The molecule has 1 heterocycles. The van der Waals surface area contributed by atoms with Gasteiger partial charge in [0.1, 0.15) is 0 Å². The molecule has 1 aromatic carbocycles. The second kappa shape index (κ2) is 5.65. The largest absolute Gasteiger partial charge is 0.314 e. The fourth-order valence-electron chi connectivity index (χ4n) is 2.00. The van der Waals surface area contributed by atoms with Gasteiger partial charge in [-0.2, -0.15) is 0 Å². The predicted molar refractivity (Wildman–Crippen MR) is 73.7 cm³/mol. The number of hydrogen-bond donors (Lipinski definition) is 1. The van der Waals surface area contributed by atoms with Gasteiger partial charge >= 0.3 is 0 Å². The number of hydrogen-bond acceptors (Lipinski definition) is 2. The normalized spacial score (nSPS) is 12.3. The third-order valence-corrected chi connectivity index (χ3v) is 3.08. The van der Waals surface area contributed by atoms with Crippen molar-refractivity contribution >= 4 is 0 Å². The van der Waals surface area contributed by atoms with Crippen molar-refractivity contribution in [1.29, 1.82) is 0 Å². The van der Waals surface area contributed by atoms with Gasteiger partial charge in [0.2, 0.25) is 0 Å². The van der Waals surface area contributed by atoms with Gasteiger partial charge in [0.05, 0.1) is 6.04 Å². The molecule has 0 aliphatic heterocycles. The van der Waals surface area contributed by atoms with Gasteiger partial charge in [-0.15, -0.1) is 0 Å². The van der Waals surface area contributed by atoms with Crippen LogP contribution in [0.2, 0.25) is 0 Å². The molecule has 0 spiro atoms. The van der Waals surface area contributed by atoms with Crippen molar-refractivity contribution in [2.45, 2.75) is 19.5 Å². The van der Waals surface area contributed by atoms with Gasteiger partial charge in [-0.3, -0.25) is 4.79 Å². The molecule has 0 aliphatic rings. The number of nitrogens with one attached hydrogen (secondary N) is 1. The van der Waals surface area contributed by atoms with Crippen LogP contribution in [0, 0.1) is 6.92 Å². The highest BCUT2D eigenvalue weighted by Gasteiger charge is 2.09. The average molecular weight is 242 g/mol. The summed E-state index contributed by atoms with van der Waals surface area (Å²) in [4.78, 5) is 11.9. The molecule has 3 nitrogen and oxygen atoms in total. The van der Waals surface area contributed by atoms with E-state index in [2.05, 4.69) is 17.4 Å². The Hall–Kier alpha value is -1.87. The molecular formula is C15H18N2O. The van der Waals surface area contributed by atoms with Gasteiger partial charge in [-0.25, -0.2) is 0 Å². The zero-order valence-corrected chi connectivity index (χ0v) is 10.8. The van der Waals surface area contributed by atoms with E-state index in [1.165, 1.54) is 5.56 Å². The zero-order chi connectivity index (χ0) is 13.0. The summed E-state index contributed by atoms with van der Waals surface area (Å²) in [7, 11) is 1.91. The highest BCUT2D eigenvalue weighted by atomic mass is 16.1. The molecular weight excluding hydrogens is 224 g/mol. The summed E-state index contributed by atoms with van der Waals surface area (Å²) in [6.07, 6.45) is 1.85. The smallest absolute Gasteiger partial charge is 0.250 e. The van der Waals surface area contributed by atoms with Crippen molar-refractivity contribution in [2.75, 3.05) is 7.05 Å². The standard InChI is InChI=1S/C15H18N2O/c1-12-8-9-17(15(18)10-12)11-14(16-2)13-6-4-3-5-7-13/h3-10,14,16H,11H2,1-2H3. The van der Waals surface area contributed by atoms with Crippen LogP contribution in [-0.2, 0) is 6.54 Å². The minimum atomic E-state index is 0.0474. The summed E-state index contributed by atoms with van der Waals surface area (Å²) in [6.45, 7) is 2.57. The molecule has 0 fully saturated rings. The molecule has 0 bridgehead atoms. The number of pyridine rings is 1. The van der Waals surface area contributed by atoms with Crippen molar-refractivity contribution < 1.29 is 0 Å². The molecule has 2 aromatic rings. The van der Waals surface area contributed by atoms with Crippen molar-refractivity contribution in [2.24, 2.45) is 0 Å².